The van der Waals surface area contributed by atoms with Gasteiger partial charge in [0.25, 0.3) is 0 Å². The van der Waals surface area contributed by atoms with Gasteiger partial charge >= 0.3 is 0 Å². The summed E-state index contributed by atoms with van der Waals surface area (Å²) in [4.78, 5) is 8.23. The molecule has 0 radical (unpaired) electrons. The highest BCUT2D eigenvalue weighted by atomic mass is 32.2. The Hall–Kier alpha value is -10.1. The summed E-state index contributed by atoms with van der Waals surface area (Å²) < 4.78 is 155. The Morgan fingerprint density at radius 3 is 1.12 bits per heavy atom. The minimum Gasteiger partial charge on any atom is -0.311 e. The van der Waals surface area contributed by atoms with Crippen LogP contribution in [0.15, 0.2) is 292 Å². The van der Waals surface area contributed by atoms with E-state index in [-0.39, 0.29) is 59.9 Å². The first-order valence-electron chi connectivity index (χ1n) is 41.3. The molecule has 2 aromatic heterocycles. The molecule has 0 saturated carbocycles. The predicted octanol–water partition coefficient (Wildman–Crippen LogP) is 20.6. The standard InChI is InChI=1S/C90H72B2N4S2/c1-88(2,3)57-39-43-60(44-40-57)93-77-54-78-72(53-71(77)91-69-45-41-58(89(4,5)6)47-81(69)97-83-51-61(49-79(93)85(83)91)94-73-35-20-16-29-65(73)66-30-17-21-36-74(66)94)92-70-46-42-59(90(7,8)9)48-82(70)98-84-52-62(95-75-37-22-18-31-67(75)68-32-19-23-38-76(68)95)50-80(86(84)92)96(78)87-63(55-25-12-10-13-26-55)33-24-34-64(87)56-27-14-11-15-28-56/h10-54H,1-9H3/i16D,17D,18D,19D,20D,21D,22D,23D,29D,30D,31D,32D,35D,36D,37D,38D. The zero-order valence-corrected chi connectivity index (χ0v) is 57.1. The van der Waals surface area contributed by atoms with Crippen LogP contribution in [0.1, 0.15) is 101 Å². The maximum absolute atomic E-state index is 9.91. The van der Waals surface area contributed by atoms with Gasteiger partial charge in [0, 0.05) is 92.1 Å². The van der Waals surface area contributed by atoms with E-state index < -0.39 is 110 Å². The molecule has 15 aromatic rings. The Labute approximate surface area is 606 Å². The Morgan fingerprint density at radius 1 is 0.316 bits per heavy atom. The molecule has 13 aromatic carbocycles. The second-order valence-electron chi connectivity index (χ2n) is 29.3. The third-order valence-corrected chi connectivity index (χ3v) is 22.6. The van der Waals surface area contributed by atoms with Gasteiger partial charge in [-0.25, -0.2) is 0 Å². The average Bonchev–Trinajstić information content (AvgIpc) is 0.965. The van der Waals surface area contributed by atoms with Crippen molar-refractivity contribution in [1.82, 2.24) is 9.13 Å². The second-order valence-corrected chi connectivity index (χ2v) is 31.4. The lowest BCUT2D eigenvalue weighted by atomic mass is 9.31. The molecular formula is C90H72B2N4S2. The number of rotatable bonds is 6. The van der Waals surface area contributed by atoms with Gasteiger partial charge in [-0.05, 0) is 145 Å². The van der Waals surface area contributed by atoms with Gasteiger partial charge in [-0.2, -0.15) is 0 Å². The van der Waals surface area contributed by atoms with E-state index in [9.17, 15) is 16.4 Å². The molecule has 4 aliphatic heterocycles. The number of para-hydroxylation sites is 5. The predicted molar refractivity (Wildman–Crippen MR) is 422 cm³/mol. The third-order valence-electron chi connectivity index (χ3n) is 20.4. The molecule has 470 valence electrons. The van der Waals surface area contributed by atoms with Crippen molar-refractivity contribution in [3.05, 3.63) is 289 Å². The first-order valence-corrected chi connectivity index (χ1v) is 34.9. The van der Waals surface area contributed by atoms with Crippen LogP contribution in [0.25, 0.3) is 77.2 Å². The fourth-order valence-corrected chi connectivity index (χ4v) is 18.1. The topological polar surface area (TPSA) is 16.3 Å². The van der Waals surface area contributed by atoms with Crippen LogP contribution in [0.3, 0.4) is 0 Å². The van der Waals surface area contributed by atoms with Crippen molar-refractivity contribution in [3.63, 3.8) is 0 Å². The largest absolute Gasteiger partial charge is 0.311 e. The molecule has 0 amide bonds. The number of hydrogen-bond acceptors (Lipinski definition) is 4. The molecule has 0 N–H and O–H groups in total. The van der Waals surface area contributed by atoms with Crippen LogP contribution in [-0.4, -0.2) is 22.6 Å². The number of benzene rings is 13. The Kier molecular flexibility index (Phi) is 9.89. The fourth-order valence-electron chi connectivity index (χ4n) is 15.6. The summed E-state index contributed by atoms with van der Waals surface area (Å²) in [5.74, 6) is 0. The quantitative estimate of drug-likeness (QED) is 0.154. The van der Waals surface area contributed by atoms with Crippen molar-refractivity contribution in [1.29, 1.82) is 0 Å². The molecule has 0 unspecified atom stereocenters. The van der Waals surface area contributed by atoms with Crippen molar-refractivity contribution in [3.8, 4) is 33.6 Å². The summed E-state index contributed by atoms with van der Waals surface area (Å²) in [7, 11) is 0. The van der Waals surface area contributed by atoms with Crippen molar-refractivity contribution in [2.75, 3.05) is 9.80 Å². The first kappa shape index (κ1) is 44.7. The molecule has 4 aliphatic rings. The maximum Gasteiger partial charge on any atom is 0.249 e. The van der Waals surface area contributed by atoms with Crippen LogP contribution in [0.4, 0.5) is 34.1 Å². The summed E-state index contributed by atoms with van der Waals surface area (Å²) in [5.41, 5.74) is 17.1. The highest BCUT2D eigenvalue weighted by Gasteiger charge is 2.48. The third kappa shape index (κ3) is 9.02. The monoisotopic (exact) mass is 1310 g/mol. The molecule has 0 bridgehead atoms. The second kappa shape index (κ2) is 21.7. The highest BCUT2D eigenvalue weighted by molar-refractivity contribution is 8.00. The highest BCUT2D eigenvalue weighted by Crippen LogP contribution is 2.53. The Bertz CT molecular complexity index is 6640. The van der Waals surface area contributed by atoms with Crippen molar-refractivity contribution in [2.24, 2.45) is 0 Å². The SMILES string of the molecule is [2H]c1c([2H])c([2H])c2c(c1[2H])c1c([2H])c([2H])c([2H])c([2H])c1n2-c1cc2c3c(c1)N(c1ccc(C(C)(C)C)cc1)c1cc4c(cc1B3c1ccc(C(C)(C)C)cc1S2)B1c2ccc(C(C)(C)C)cc2Sc2cc(-n3c5c([2H])c([2H])c([2H])c([2H])c5c5c([2H])c([2H])c([2H])c([2H])c53)cc(c21)N4c1c(-c2ccccc2)cccc1-c1ccccc1. The van der Waals surface area contributed by atoms with Gasteiger partial charge in [0.05, 0.1) is 49.7 Å². The number of fused-ring (bicyclic) bond motifs is 14. The number of nitrogens with zero attached hydrogens (tertiary/aromatic N) is 4. The number of aromatic nitrogens is 2. The molecule has 0 spiro atoms. The van der Waals surface area contributed by atoms with Crippen LogP contribution in [0, 0.1) is 0 Å². The van der Waals surface area contributed by atoms with Gasteiger partial charge in [0.1, 0.15) is 0 Å². The van der Waals surface area contributed by atoms with Crippen molar-refractivity contribution >= 4 is 147 Å². The summed E-state index contributed by atoms with van der Waals surface area (Å²) in [6, 6.07) is 54.1. The zero-order chi connectivity index (χ0) is 80.2. The molecule has 19 rings (SSSR count). The van der Waals surface area contributed by atoms with Crippen LogP contribution in [-0.2, 0) is 16.2 Å². The van der Waals surface area contributed by atoms with E-state index in [1.807, 2.05) is 60.7 Å². The van der Waals surface area contributed by atoms with Gasteiger partial charge in [0.2, 0.25) is 13.4 Å². The first-order chi connectivity index (χ1) is 54.2. The van der Waals surface area contributed by atoms with Crippen LogP contribution in [0.5, 0.6) is 0 Å². The van der Waals surface area contributed by atoms with E-state index in [1.54, 1.807) is 32.7 Å². The molecular weight excluding hydrogens is 1220 g/mol. The Balaban J connectivity index is 1.01. The van der Waals surface area contributed by atoms with Crippen molar-refractivity contribution in [2.45, 2.75) is 98.1 Å². The minimum absolute atomic E-state index is 0.00389. The van der Waals surface area contributed by atoms with E-state index in [2.05, 4.69) is 187 Å². The van der Waals surface area contributed by atoms with Gasteiger partial charge in [-0.15, -0.1) is 0 Å². The Morgan fingerprint density at radius 2 is 0.704 bits per heavy atom. The minimum atomic E-state index is -0.543. The normalized spacial score (nSPS) is 16.1. The van der Waals surface area contributed by atoms with E-state index in [4.69, 9.17) is 5.48 Å². The van der Waals surface area contributed by atoms with Crippen molar-refractivity contribution < 1.29 is 21.9 Å². The molecule has 0 fully saturated rings. The van der Waals surface area contributed by atoms with Gasteiger partial charge in [-0.3, -0.25) is 0 Å². The van der Waals surface area contributed by atoms with E-state index >= 15 is 0 Å². The van der Waals surface area contributed by atoms with Gasteiger partial charge < -0.3 is 18.9 Å². The fraction of sp³-hybridized carbons (Fsp3) is 0.133. The summed E-state index contributed by atoms with van der Waals surface area (Å²) in [5, 5.41) is -0.149. The number of anilines is 6. The van der Waals surface area contributed by atoms with Crippen LogP contribution >= 0.6 is 23.5 Å². The molecule has 0 saturated heterocycles. The van der Waals surface area contributed by atoms with Gasteiger partial charge in [0.15, 0.2) is 0 Å². The van der Waals surface area contributed by atoms with E-state index in [0.717, 1.165) is 114 Å². The van der Waals surface area contributed by atoms with Crippen LogP contribution < -0.4 is 42.6 Å². The average molecular weight is 1310 g/mol. The molecule has 0 atom stereocenters. The summed E-state index contributed by atoms with van der Waals surface area (Å²) >= 11 is 3.20. The molecule has 0 aliphatic carbocycles. The van der Waals surface area contributed by atoms with Gasteiger partial charge in [-0.1, -0.05) is 291 Å². The van der Waals surface area contributed by atoms with Crippen LogP contribution in [0.2, 0.25) is 0 Å². The smallest absolute Gasteiger partial charge is 0.249 e. The maximum atomic E-state index is 9.91. The zero-order valence-electron chi connectivity index (χ0n) is 71.5. The molecule has 98 heavy (non-hydrogen) atoms. The van der Waals surface area contributed by atoms with E-state index in [0.29, 0.717) is 22.7 Å². The summed E-state index contributed by atoms with van der Waals surface area (Å²) in [6.45, 7) is 18.7. The lowest BCUT2D eigenvalue weighted by Crippen LogP contribution is -2.64. The molecule has 4 nitrogen and oxygen atoms in total. The lowest BCUT2D eigenvalue weighted by molar-refractivity contribution is 0.588. The lowest BCUT2D eigenvalue weighted by Gasteiger charge is -2.45. The number of hydrogen-bond donors (Lipinski definition) is 0. The summed E-state index contributed by atoms with van der Waals surface area (Å²) in [6.07, 6.45) is 0. The molecule has 8 heteroatoms. The van der Waals surface area contributed by atoms with E-state index in [1.165, 1.54) is 0 Å². The molecule has 6 heterocycles.